The van der Waals surface area contributed by atoms with E-state index < -0.39 is 11.9 Å². The van der Waals surface area contributed by atoms with Crippen LogP contribution >= 0.6 is 23.5 Å². The highest BCUT2D eigenvalue weighted by Gasteiger charge is 2.12. The number of thioether (sulfide) groups is 2. The number of esters is 2. The molecule has 158 valence electrons. The van der Waals surface area contributed by atoms with Crippen LogP contribution in [-0.2, 0) is 19.1 Å². The summed E-state index contributed by atoms with van der Waals surface area (Å²) in [6.45, 7) is 0.384. The fourth-order valence-electron chi connectivity index (χ4n) is 2.22. The highest BCUT2D eigenvalue weighted by Crippen LogP contribution is 2.13. The van der Waals surface area contributed by atoms with Crippen LogP contribution in [-0.4, -0.2) is 46.9 Å². The first-order valence-corrected chi connectivity index (χ1v) is 11.3. The summed E-state index contributed by atoms with van der Waals surface area (Å²) >= 11 is 1.81. The van der Waals surface area contributed by atoms with Gasteiger partial charge in [-0.15, -0.1) is 0 Å². The van der Waals surface area contributed by atoms with Crippen molar-refractivity contribution in [3.8, 4) is 0 Å². The van der Waals surface area contributed by atoms with Gasteiger partial charge in [0, 0.05) is 11.1 Å². The lowest BCUT2D eigenvalue weighted by Gasteiger charge is -2.06. The molecule has 0 radical (unpaired) electrons. The minimum atomic E-state index is -0.461. The van der Waals surface area contributed by atoms with E-state index in [1.54, 1.807) is 48.5 Å². The SMILES string of the molecule is O=C(CSC(=O)c1ccccc1)OCCCCOC(=O)CSC(=O)c1ccccc1. The normalized spacial score (nSPS) is 10.3. The van der Waals surface area contributed by atoms with Crippen molar-refractivity contribution in [3.63, 3.8) is 0 Å². The van der Waals surface area contributed by atoms with Crippen LogP contribution < -0.4 is 0 Å². The van der Waals surface area contributed by atoms with Crippen LogP contribution in [0.5, 0.6) is 0 Å². The molecular formula is C22H22O6S2. The average molecular weight is 447 g/mol. The van der Waals surface area contributed by atoms with Crippen LogP contribution in [0, 0.1) is 0 Å². The number of carbonyl (C=O) groups is 4. The van der Waals surface area contributed by atoms with Gasteiger partial charge in [-0.3, -0.25) is 19.2 Å². The summed E-state index contributed by atoms with van der Waals surface area (Å²) in [5, 5.41) is -0.355. The summed E-state index contributed by atoms with van der Waals surface area (Å²) in [7, 11) is 0. The molecule has 0 amide bonds. The molecule has 8 heteroatoms. The van der Waals surface area contributed by atoms with Crippen molar-refractivity contribution < 1.29 is 28.7 Å². The molecule has 0 N–H and O–H groups in total. The summed E-state index contributed by atoms with van der Waals surface area (Å²) in [4.78, 5) is 47.1. The molecule has 0 heterocycles. The van der Waals surface area contributed by atoms with Crippen molar-refractivity contribution in [2.45, 2.75) is 12.8 Å². The fourth-order valence-corrected chi connectivity index (χ4v) is 3.49. The zero-order valence-electron chi connectivity index (χ0n) is 16.3. The van der Waals surface area contributed by atoms with Gasteiger partial charge in [-0.25, -0.2) is 0 Å². The Hall–Kier alpha value is -2.58. The monoisotopic (exact) mass is 446 g/mol. The van der Waals surface area contributed by atoms with E-state index in [1.807, 2.05) is 12.1 Å². The first kappa shape index (κ1) is 23.7. The molecule has 6 nitrogen and oxygen atoms in total. The highest BCUT2D eigenvalue weighted by atomic mass is 32.2. The number of hydrogen-bond acceptors (Lipinski definition) is 8. The maximum Gasteiger partial charge on any atom is 0.316 e. The zero-order valence-corrected chi connectivity index (χ0v) is 17.9. The fraction of sp³-hybridized carbons (Fsp3) is 0.273. The molecule has 0 saturated carbocycles. The number of carbonyl (C=O) groups excluding carboxylic acids is 4. The van der Waals surface area contributed by atoms with Gasteiger partial charge in [0.25, 0.3) is 0 Å². The number of rotatable bonds is 11. The molecule has 0 unspecified atom stereocenters. The quantitative estimate of drug-likeness (QED) is 0.378. The van der Waals surface area contributed by atoms with Crippen molar-refractivity contribution in [2.75, 3.05) is 24.7 Å². The predicted molar refractivity (Wildman–Crippen MR) is 118 cm³/mol. The third kappa shape index (κ3) is 9.28. The molecule has 0 fully saturated rings. The van der Waals surface area contributed by atoms with E-state index >= 15 is 0 Å². The van der Waals surface area contributed by atoms with Gasteiger partial charge in [-0.2, -0.15) is 0 Å². The van der Waals surface area contributed by atoms with E-state index in [9.17, 15) is 19.2 Å². The standard InChI is InChI=1S/C22H22O6S2/c23-19(15-29-21(25)17-9-3-1-4-10-17)27-13-7-8-14-28-20(24)16-30-22(26)18-11-5-2-6-12-18/h1-6,9-12H,7-8,13-16H2. The van der Waals surface area contributed by atoms with Crippen molar-refractivity contribution >= 4 is 45.7 Å². The molecule has 2 aromatic rings. The maximum atomic E-state index is 11.9. The van der Waals surface area contributed by atoms with Crippen LogP contribution in [0.25, 0.3) is 0 Å². The third-order valence-electron chi connectivity index (χ3n) is 3.73. The second kappa shape index (κ2) is 13.6. The lowest BCUT2D eigenvalue weighted by Crippen LogP contribution is -2.12. The molecule has 0 aliphatic carbocycles. The van der Waals surface area contributed by atoms with Gasteiger partial charge in [-0.05, 0) is 12.8 Å². The topological polar surface area (TPSA) is 86.7 Å². The lowest BCUT2D eigenvalue weighted by molar-refractivity contribution is -0.142. The number of hydrogen-bond donors (Lipinski definition) is 0. The summed E-state index contributed by atoms with van der Waals surface area (Å²) < 4.78 is 10.1. The van der Waals surface area contributed by atoms with Gasteiger partial charge < -0.3 is 9.47 Å². The largest absolute Gasteiger partial charge is 0.465 e. The molecule has 2 rings (SSSR count). The molecule has 0 aliphatic heterocycles. The summed E-state index contributed by atoms with van der Waals surface area (Å²) in [6.07, 6.45) is 1.07. The van der Waals surface area contributed by atoms with Crippen LogP contribution in [0.2, 0.25) is 0 Å². The van der Waals surface area contributed by atoms with Gasteiger partial charge in [0.05, 0.1) is 24.7 Å². The molecule has 0 atom stereocenters. The van der Waals surface area contributed by atoms with E-state index in [4.69, 9.17) is 9.47 Å². The van der Waals surface area contributed by atoms with Crippen molar-refractivity contribution in [1.82, 2.24) is 0 Å². The molecule has 2 aromatic carbocycles. The Kier molecular flexibility index (Phi) is 10.7. The highest BCUT2D eigenvalue weighted by molar-refractivity contribution is 8.14. The number of unbranched alkanes of at least 4 members (excludes halogenated alkanes) is 1. The van der Waals surface area contributed by atoms with E-state index in [2.05, 4.69) is 0 Å². The Bertz CT molecular complexity index is 768. The summed E-state index contributed by atoms with van der Waals surface area (Å²) in [6, 6.07) is 17.5. The second-order valence-corrected chi connectivity index (χ2v) is 7.93. The summed E-state index contributed by atoms with van der Waals surface area (Å²) in [5.41, 5.74) is 1.08. The van der Waals surface area contributed by atoms with Gasteiger partial charge >= 0.3 is 11.9 Å². The second-order valence-electron chi connectivity index (χ2n) is 6.03. The Balaban J connectivity index is 1.48. The van der Waals surface area contributed by atoms with E-state index in [-0.39, 0.29) is 35.0 Å². The van der Waals surface area contributed by atoms with Gasteiger partial charge in [0.2, 0.25) is 10.2 Å². The predicted octanol–water partition coefficient (Wildman–Crippen LogP) is 4.00. The van der Waals surface area contributed by atoms with Crippen molar-refractivity contribution in [3.05, 3.63) is 71.8 Å². The van der Waals surface area contributed by atoms with E-state index in [0.29, 0.717) is 24.0 Å². The first-order valence-electron chi connectivity index (χ1n) is 9.32. The minimum Gasteiger partial charge on any atom is -0.465 e. The molecule has 30 heavy (non-hydrogen) atoms. The number of ether oxygens (including phenoxy) is 2. The van der Waals surface area contributed by atoms with Gasteiger partial charge in [0.15, 0.2) is 0 Å². The van der Waals surface area contributed by atoms with Crippen molar-refractivity contribution in [2.24, 2.45) is 0 Å². The molecule has 0 aromatic heterocycles. The van der Waals surface area contributed by atoms with Crippen LogP contribution in [0.15, 0.2) is 60.7 Å². The Morgan fingerprint density at radius 3 is 1.33 bits per heavy atom. The first-order chi connectivity index (χ1) is 14.6. The Labute approximate surface area is 183 Å². The number of benzene rings is 2. The van der Waals surface area contributed by atoms with Crippen molar-refractivity contribution in [1.29, 1.82) is 0 Å². The smallest absolute Gasteiger partial charge is 0.316 e. The van der Waals surface area contributed by atoms with Crippen LogP contribution in [0.3, 0.4) is 0 Å². The minimum absolute atomic E-state index is 0.0463. The van der Waals surface area contributed by atoms with Gasteiger partial charge in [-0.1, -0.05) is 84.2 Å². The van der Waals surface area contributed by atoms with Crippen LogP contribution in [0.1, 0.15) is 33.6 Å². The van der Waals surface area contributed by atoms with Crippen LogP contribution in [0.4, 0.5) is 0 Å². The Morgan fingerprint density at radius 1 is 0.600 bits per heavy atom. The lowest BCUT2D eigenvalue weighted by atomic mass is 10.2. The molecule has 0 aliphatic rings. The third-order valence-corrected chi connectivity index (χ3v) is 5.48. The molecule has 0 saturated heterocycles. The average Bonchev–Trinajstić information content (AvgIpc) is 2.79. The van der Waals surface area contributed by atoms with Gasteiger partial charge in [0.1, 0.15) is 0 Å². The molecular weight excluding hydrogens is 424 g/mol. The molecule has 0 bridgehead atoms. The molecule has 0 spiro atoms. The van der Waals surface area contributed by atoms with E-state index in [0.717, 1.165) is 23.5 Å². The van der Waals surface area contributed by atoms with E-state index in [1.165, 1.54) is 0 Å². The summed E-state index contributed by atoms with van der Waals surface area (Å²) in [5.74, 6) is -1.01. The zero-order chi connectivity index (χ0) is 21.6. The Morgan fingerprint density at radius 2 is 0.967 bits per heavy atom. The maximum absolute atomic E-state index is 11.9.